The molecule has 0 saturated heterocycles. The summed E-state index contributed by atoms with van der Waals surface area (Å²) in [5.41, 5.74) is -4.41. The highest BCUT2D eigenvalue weighted by molar-refractivity contribution is 5.40. The molecule has 6 unspecified atom stereocenters. The second-order valence-corrected chi connectivity index (χ2v) is 15.4. The van der Waals surface area contributed by atoms with Crippen molar-refractivity contribution in [3.05, 3.63) is 132 Å². The molecule has 0 spiro atoms. The van der Waals surface area contributed by atoms with Gasteiger partial charge in [-0.1, -0.05) is 111 Å². The molecule has 6 rings (SSSR count). The van der Waals surface area contributed by atoms with E-state index in [4.69, 9.17) is 14.2 Å². The van der Waals surface area contributed by atoms with Gasteiger partial charge in [-0.05, 0) is 89.8 Å². The van der Waals surface area contributed by atoms with Crippen LogP contribution >= 0.6 is 0 Å². The van der Waals surface area contributed by atoms with E-state index in [0.29, 0.717) is 24.3 Å². The minimum atomic E-state index is -2.08. The number of ether oxygens (including phenoxy) is 3. The molecule has 4 aromatic rings. The number of alkyl halides is 2. The van der Waals surface area contributed by atoms with Gasteiger partial charge >= 0.3 is 0 Å². The van der Waals surface area contributed by atoms with Gasteiger partial charge < -0.3 is 14.2 Å². The van der Waals surface area contributed by atoms with E-state index < -0.39 is 44.6 Å². The first kappa shape index (κ1) is 33.2. The standard InChI is InChI=1S/C42H48F2O3/c1-35(2,39(7)37(5,29-31-21-13-9-14-22-31)41(39,43)45-33-25-17-11-18-26-33)47-36(3,4)40(8)38(6,30-32-23-15-10-16-24-32)42(40,44)46-34-27-19-12-20-28-34/h9-28H,29-30H2,1-8H3. The van der Waals surface area contributed by atoms with Gasteiger partial charge in [0.2, 0.25) is 0 Å². The lowest BCUT2D eigenvalue weighted by Crippen LogP contribution is -2.52. The van der Waals surface area contributed by atoms with Crippen LogP contribution in [0.2, 0.25) is 0 Å². The maximum Gasteiger partial charge on any atom is 0.263 e. The fourth-order valence-electron chi connectivity index (χ4n) is 9.04. The number of para-hydroxylation sites is 2. The lowest BCUT2D eigenvalue weighted by Gasteiger charge is -2.45. The molecule has 0 aromatic heterocycles. The van der Waals surface area contributed by atoms with Gasteiger partial charge in [-0.25, -0.2) is 0 Å². The Labute approximate surface area is 279 Å². The molecule has 0 radical (unpaired) electrons. The summed E-state index contributed by atoms with van der Waals surface area (Å²) in [7, 11) is 0. The van der Waals surface area contributed by atoms with Crippen LogP contribution in [0.1, 0.15) is 66.5 Å². The number of hydrogen-bond acceptors (Lipinski definition) is 3. The molecular formula is C42H48F2O3. The Morgan fingerprint density at radius 2 is 0.745 bits per heavy atom. The van der Waals surface area contributed by atoms with Crippen LogP contribution in [0.15, 0.2) is 121 Å². The summed E-state index contributed by atoms with van der Waals surface area (Å²) in [6.07, 6.45) is 0.877. The second-order valence-electron chi connectivity index (χ2n) is 15.4. The number of hydrogen-bond donors (Lipinski definition) is 0. The van der Waals surface area contributed by atoms with E-state index in [9.17, 15) is 0 Å². The number of halogens is 2. The molecule has 5 heteroatoms. The highest BCUT2D eigenvalue weighted by Gasteiger charge is 2.94. The quantitative estimate of drug-likeness (QED) is 0.155. The summed E-state index contributed by atoms with van der Waals surface area (Å²) in [5, 5.41) is 0. The normalized spacial score (nSPS) is 33.2. The minimum absolute atomic E-state index is 0.439. The molecule has 0 aliphatic heterocycles. The average molecular weight is 639 g/mol. The average Bonchev–Trinajstić information content (AvgIpc) is 3.61. The van der Waals surface area contributed by atoms with Gasteiger partial charge in [-0.2, -0.15) is 8.78 Å². The van der Waals surface area contributed by atoms with Crippen LogP contribution in [-0.4, -0.2) is 22.9 Å². The third-order valence-corrected chi connectivity index (χ3v) is 12.5. The molecule has 2 aliphatic rings. The first-order valence-electron chi connectivity index (χ1n) is 16.7. The van der Waals surface area contributed by atoms with E-state index in [1.807, 2.05) is 152 Å². The van der Waals surface area contributed by atoms with Crippen molar-refractivity contribution in [1.29, 1.82) is 0 Å². The Morgan fingerprint density at radius 1 is 0.468 bits per heavy atom. The van der Waals surface area contributed by atoms with Crippen molar-refractivity contribution in [2.24, 2.45) is 21.7 Å². The summed E-state index contributed by atoms with van der Waals surface area (Å²) < 4.78 is 55.5. The van der Waals surface area contributed by atoms with Gasteiger partial charge in [0.05, 0.1) is 32.9 Å². The van der Waals surface area contributed by atoms with Gasteiger partial charge in [0.1, 0.15) is 11.5 Å². The molecule has 2 saturated carbocycles. The fourth-order valence-corrected chi connectivity index (χ4v) is 9.04. The van der Waals surface area contributed by atoms with Gasteiger partial charge in [0.15, 0.2) is 0 Å². The van der Waals surface area contributed by atoms with Crippen molar-refractivity contribution in [1.82, 2.24) is 0 Å². The predicted molar refractivity (Wildman–Crippen MR) is 184 cm³/mol. The van der Waals surface area contributed by atoms with Crippen LogP contribution < -0.4 is 9.47 Å². The second kappa shape index (κ2) is 10.9. The Kier molecular flexibility index (Phi) is 7.71. The van der Waals surface area contributed by atoms with Crippen molar-refractivity contribution >= 4 is 0 Å². The molecule has 2 aliphatic carbocycles. The lowest BCUT2D eigenvalue weighted by molar-refractivity contribution is -0.217. The number of rotatable bonds is 12. The lowest BCUT2D eigenvalue weighted by atomic mass is 9.76. The summed E-state index contributed by atoms with van der Waals surface area (Å²) in [6, 6.07) is 38.1. The van der Waals surface area contributed by atoms with Crippen LogP contribution in [0, 0.1) is 21.7 Å². The minimum Gasteiger partial charge on any atom is -0.457 e. The highest BCUT2D eigenvalue weighted by Crippen LogP contribution is 2.83. The Balaban J connectivity index is 1.38. The Hall–Kier alpha value is -3.70. The van der Waals surface area contributed by atoms with E-state index in [1.54, 1.807) is 24.3 Å². The summed E-state index contributed by atoms with van der Waals surface area (Å²) in [6.45, 7) is 15.4. The molecule has 0 amide bonds. The van der Waals surface area contributed by atoms with E-state index in [-0.39, 0.29) is 0 Å². The van der Waals surface area contributed by atoms with Gasteiger partial charge in [-0.3, -0.25) is 0 Å². The largest absolute Gasteiger partial charge is 0.457 e. The zero-order valence-electron chi connectivity index (χ0n) is 28.9. The maximum atomic E-state index is 17.8. The topological polar surface area (TPSA) is 27.7 Å². The van der Waals surface area contributed by atoms with E-state index >= 15 is 8.78 Å². The van der Waals surface area contributed by atoms with Gasteiger partial charge in [0, 0.05) is 0 Å². The summed E-state index contributed by atoms with van der Waals surface area (Å²) in [4.78, 5) is 0. The monoisotopic (exact) mass is 638 g/mol. The zero-order chi connectivity index (χ0) is 34.0. The van der Waals surface area contributed by atoms with Gasteiger partial charge in [0.25, 0.3) is 11.7 Å². The molecule has 248 valence electrons. The van der Waals surface area contributed by atoms with Crippen LogP contribution in [-0.2, 0) is 17.6 Å². The fraction of sp³-hybridized carbons (Fsp3) is 0.429. The molecule has 0 heterocycles. The van der Waals surface area contributed by atoms with Crippen LogP contribution in [0.4, 0.5) is 8.78 Å². The first-order valence-corrected chi connectivity index (χ1v) is 16.7. The number of benzene rings is 4. The van der Waals surface area contributed by atoms with E-state index in [1.165, 1.54) is 0 Å². The highest BCUT2D eigenvalue weighted by atomic mass is 19.2. The van der Waals surface area contributed by atoms with Gasteiger partial charge in [-0.15, -0.1) is 0 Å². The van der Waals surface area contributed by atoms with Crippen LogP contribution in [0.25, 0.3) is 0 Å². The van der Waals surface area contributed by atoms with Crippen molar-refractivity contribution in [2.45, 2.75) is 91.1 Å². The first-order chi connectivity index (χ1) is 22.0. The molecular weight excluding hydrogens is 590 g/mol. The predicted octanol–water partition coefficient (Wildman–Crippen LogP) is 10.6. The molecule has 6 atom stereocenters. The molecule has 0 N–H and O–H groups in total. The SMILES string of the molecule is CC(C)(OC(C)(C)C1(C)C(C)(Cc2ccccc2)C1(F)Oc1ccccc1)C1(C)C(C)(Cc2ccccc2)C1(F)Oc1ccccc1. The maximum absolute atomic E-state index is 17.8. The van der Waals surface area contributed by atoms with Crippen LogP contribution in [0.5, 0.6) is 11.5 Å². The molecule has 4 aromatic carbocycles. The van der Waals surface area contributed by atoms with E-state index in [0.717, 1.165) is 11.1 Å². The zero-order valence-corrected chi connectivity index (χ0v) is 28.9. The van der Waals surface area contributed by atoms with Crippen molar-refractivity contribution in [3.8, 4) is 11.5 Å². The van der Waals surface area contributed by atoms with E-state index in [2.05, 4.69) is 0 Å². The third kappa shape index (κ3) is 4.59. The summed E-state index contributed by atoms with van der Waals surface area (Å²) in [5.74, 6) is -3.25. The summed E-state index contributed by atoms with van der Waals surface area (Å²) >= 11 is 0. The molecule has 3 nitrogen and oxygen atoms in total. The smallest absolute Gasteiger partial charge is 0.263 e. The van der Waals surface area contributed by atoms with Crippen molar-refractivity contribution in [3.63, 3.8) is 0 Å². The molecule has 47 heavy (non-hydrogen) atoms. The Morgan fingerprint density at radius 3 is 1.04 bits per heavy atom. The Bertz CT molecular complexity index is 1460. The molecule has 0 bridgehead atoms. The van der Waals surface area contributed by atoms with Crippen LogP contribution in [0.3, 0.4) is 0 Å². The molecule has 2 fully saturated rings. The van der Waals surface area contributed by atoms with Crippen molar-refractivity contribution in [2.75, 3.05) is 0 Å². The third-order valence-electron chi connectivity index (χ3n) is 12.5. The van der Waals surface area contributed by atoms with Crippen molar-refractivity contribution < 1.29 is 23.0 Å².